The van der Waals surface area contributed by atoms with Gasteiger partial charge in [0.05, 0.1) is 31.1 Å². The predicted octanol–water partition coefficient (Wildman–Crippen LogP) is 2.56. The molecule has 5 rings (SSSR count). The summed E-state index contributed by atoms with van der Waals surface area (Å²) in [6, 6.07) is 3.14. The minimum atomic E-state index is -2.64. The zero-order valence-corrected chi connectivity index (χ0v) is 19.0. The summed E-state index contributed by atoms with van der Waals surface area (Å²) in [5.74, 6) is -1.89. The van der Waals surface area contributed by atoms with Crippen molar-refractivity contribution in [3.63, 3.8) is 0 Å². The first-order valence-electron chi connectivity index (χ1n) is 11.2. The van der Waals surface area contributed by atoms with Crippen LogP contribution in [0.5, 0.6) is 0 Å². The molecule has 3 N–H and O–H groups in total. The Hall–Kier alpha value is -3.39. The van der Waals surface area contributed by atoms with E-state index in [4.69, 9.17) is 9.47 Å². The van der Waals surface area contributed by atoms with Crippen LogP contribution in [0.1, 0.15) is 31.3 Å². The highest BCUT2D eigenvalue weighted by atomic mass is 19.3. The molecule has 5 heterocycles. The van der Waals surface area contributed by atoms with Gasteiger partial charge >= 0.3 is 6.09 Å². The molecule has 0 spiro atoms. The van der Waals surface area contributed by atoms with E-state index in [1.165, 1.54) is 0 Å². The van der Waals surface area contributed by atoms with Crippen LogP contribution in [-0.2, 0) is 16.0 Å². The Morgan fingerprint density at radius 2 is 2.20 bits per heavy atom. The van der Waals surface area contributed by atoms with Gasteiger partial charge in [0.15, 0.2) is 18.1 Å². The fraction of sp³-hybridized carbons (Fsp3) is 0.524. The van der Waals surface area contributed by atoms with E-state index in [9.17, 15) is 18.0 Å². The molecular formula is C21H25F3N8O3. The third-order valence-electron chi connectivity index (χ3n) is 5.62. The molecule has 2 fully saturated rings. The summed E-state index contributed by atoms with van der Waals surface area (Å²) in [7, 11) is 0. The van der Waals surface area contributed by atoms with E-state index in [0.717, 1.165) is 0 Å². The Morgan fingerprint density at radius 1 is 1.40 bits per heavy atom. The number of H-pyrrole nitrogens is 1. The number of amides is 1. The van der Waals surface area contributed by atoms with E-state index in [1.54, 1.807) is 47.7 Å². The fourth-order valence-electron chi connectivity index (χ4n) is 4.09. The lowest BCUT2D eigenvalue weighted by Crippen LogP contribution is -2.55. The summed E-state index contributed by atoms with van der Waals surface area (Å²) in [6.45, 7) is 3.20. The third-order valence-corrected chi connectivity index (χ3v) is 5.62. The molecule has 0 aromatic carbocycles. The van der Waals surface area contributed by atoms with Gasteiger partial charge in [-0.1, -0.05) is 0 Å². The Morgan fingerprint density at radius 3 is 2.94 bits per heavy atom. The molecule has 3 aromatic rings. The number of anilines is 2. The van der Waals surface area contributed by atoms with Gasteiger partial charge in [0.1, 0.15) is 11.8 Å². The number of carbonyl (C=O) groups is 1. The van der Waals surface area contributed by atoms with Crippen LogP contribution in [-0.4, -0.2) is 79.5 Å². The van der Waals surface area contributed by atoms with Crippen LogP contribution in [0.4, 0.5) is 29.7 Å². The molecule has 0 aliphatic carbocycles. The largest absolute Gasteiger partial charge is 0.441 e. The van der Waals surface area contributed by atoms with E-state index >= 15 is 0 Å². The summed E-state index contributed by atoms with van der Waals surface area (Å²) in [6.07, 6.45) is -1.02. The molecule has 2 aliphatic rings. The number of carbonyl (C=O) groups excluding carboxylic acids is 1. The summed E-state index contributed by atoms with van der Waals surface area (Å²) in [5.41, 5.74) is 1.59. The second-order valence-corrected chi connectivity index (χ2v) is 9.00. The monoisotopic (exact) mass is 494 g/mol. The molecule has 14 heteroatoms. The maximum absolute atomic E-state index is 14.9. The van der Waals surface area contributed by atoms with E-state index in [1.807, 2.05) is 0 Å². The molecule has 188 valence electrons. The average molecular weight is 494 g/mol. The van der Waals surface area contributed by atoms with Crippen molar-refractivity contribution < 1.29 is 27.4 Å². The second-order valence-electron chi connectivity index (χ2n) is 9.00. The number of halogens is 3. The molecule has 0 radical (unpaired) electrons. The summed E-state index contributed by atoms with van der Waals surface area (Å²) in [5, 5.41) is 12.5. The molecule has 0 unspecified atom stereocenters. The molecule has 35 heavy (non-hydrogen) atoms. The number of rotatable bonds is 7. The number of fused-ring (bicyclic) bond motifs is 1. The SMILES string of the molecule is CC(C)NC(=O)O[C@H]1CO[C@@H](c2cc(Nc3nccc4nc(CN5CC(F)(F)C5)cn34)n[nH]2)[C@H]1F. The van der Waals surface area contributed by atoms with Crippen LogP contribution in [0.25, 0.3) is 5.65 Å². The molecule has 2 saturated heterocycles. The average Bonchev–Trinajstić information content (AvgIpc) is 3.46. The molecule has 2 aliphatic heterocycles. The number of nitrogens with zero attached hydrogens (tertiary/aromatic N) is 5. The van der Waals surface area contributed by atoms with Crippen molar-refractivity contribution >= 4 is 23.5 Å². The van der Waals surface area contributed by atoms with Crippen molar-refractivity contribution in [3.05, 3.63) is 35.9 Å². The van der Waals surface area contributed by atoms with Crippen LogP contribution >= 0.6 is 0 Å². The van der Waals surface area contributed by atoms with Crippen LogP contribution in [0.3, 0.4) is 0 Å². The first kappa shape index (κ1) is 23.4. The minimum Gasteiger partial charge on any atom is -0.441 e. The van der Waals surface area contributed by atoms with Crippen LogP contribution < -0.4 is 10.6 Å². The van der Waals surface area contributed by atoms with Crippen molar-refractivity contribution in [2.75, 3.05) is 25.0 Å². The Bertz CT molecular complexity index is 1210. The number of imidazole rings is 1. The van der Waals surface area contributed by atoms with Gasteiger partial charge in [-0.25, -0.2) is 27.9 Å². The third kappa shape index (κ3) is 5.03. The topological polar surface area (TPSA) is 122 Å². The van der Waals surface area contributed by atoms with Crippen molar-refractivity contribution in [2.24, 2.45) is 0 Å². The normalized spacial score (nSPS) is 24.0. The summed E-state index contributed by atoms with van der Waals surface area (Å²) >= 11 is 0. The van der Waals surface area contributed by atoms with Crippen LogP contribution in [0.2, 0.25) is 0 Å². The minimum absolute atomic E-state index is 0.0826. The molecule has 1 amide bonds. The van der Waals surface area contributed by atoms with Gasteiger partial charge < -0.3 is 20.1 Å². The first-order chi connectivity index (χ1) is 16.7. The number of alkyl halides is 3. The number of ether oxygens (including phenoxy) is 2. The van der Waals surface area contributed by atoms with Gasteiger partial charge in [0, 0.05) is 31.0 Å². The number of aromatic amines is 1. The molecule has 3 atom stereocenters. The number of likely N-dealkylation sites (tertiary alicyclic amines) is 1. The van der Waals surface area contributed by atoms with Crippen molar-refractivity contribution in [1.82, 2.24) is 34.8 Å². The maximum Gasteiger partial charge on any atom is 0.407 e. The van der Waals surface area contributed by atoms with Crippen LogP contribution in [0, 0.1) is 0 Å². The Labute approximate surface area is 198 Å². The molecule has 3 aromatic heterocycles. The zero-order valence-electron chi connectivity index (χ0n) is 19.0. The van der Waals surface area contributed by atoms with Gasteiger partial charge in [0.25, 0.3) is 5.92 Å². The molecule has 0 bridgehead atoms. The van der Waals surface area contributed by atoms with Gasteiger partial charge in [0.2, 0.25) is 5.95 Å². The van der Waals surface area contributed by atoms with Crippen LogP contribution in [0.15, 0.2) is 24.5 Å². The lowest BCUT2D eigenvalue weighted by Gasteiger charge is -2.38. The number of hydrogen-bond donors (Lipinski definition) is 3. The quantitative estimate of drug-likeness (QED) is 0.458. The highest BCUT2D eigenvalue weighted by molar-refractivity contribution is 5.67. The lowest BCUT2D eigenvalue weighted by atomic mass is 10.1. The standard InChI is InChI=1S/C21H25F3N8O3/c1-11(2)26-20(33)35-14-8-34-18(17(14)22)13-5-15(30-29-13)28-19-25-4-3-16-27-12(7-32(16)19)6-31-9-21(23,24)10-31/h3-5,7,11,14,17-18H,6,8-10H2,1-2H3,(H,26,33)(H2,25,28,29,30)/t14-,17-,18-/m0/s1. The van der Waals surface area contributed by atoms with Gasteiger partial charge in [-0.3, -0.25) is 14.4 Å². The van der Waals surface area contributed by atoms with Gasteiger partial charge in [-0.05, 0) is 19.9 Å². The summed E-state index contributed by atoms with van der Waals surface area (Å²) in [4.78, 5) is 22.2. The number of alkyl carbamates (subject to hydrolysis) is 1. The van der Waals surface area contributed by atoms with E-state index in [2.05, 4.69) is 30.8 Å². The summed E-state index contributed by atoms with van der Waals surface area (Å²) < 4.78 is 53.4. The Balaban J connectivity index is 1.24. The number of nitrogens with one attached hydrogen (secondary N) is 3. The van der Waals surface area contributed by atoms with Crippen molar-refractivity contribution in [2.45, 2.75) is 50.7 Å². The maximum atomic E-state index is 14.9. The highest BCUT2D eigenvalue weighted by Crippen LogP contribution is 2.33. The molecule has 11 nitrogen and oxygen atoms in total. The van der Waals surface area contributed by atoms with E-state index < -0.39 is 30.4 Å². The lowest BCUT2D eigenvalue weighted by molar-refractivity contribution is -0.134. The van der Waals surface area contributed by atoms with Gasteiger partial charge in [-0.2, -0.15) is 5.10 Å². The predicted molar refractivity (Wildman–Crippen MR) is 117 cm³/mol. The Kier molecular flexibility index (Phi) is 6.01. The van der Waals surface area contributed by atoms with E-state index in [0.29, 0.717) is 35.3 Å². The molecular weight excluding hydrogens is 469 g/mol. The smallest absolute Gasteiger partial charge is 0.407 e. The number of aromatic nitrogens is 5. The van der Waals surface area contributed by atoms with Crippen molar-refractivity contribution in [1.29, 1.82) is 0 Å². The van der Waals surface area contributed by atoms with Crippen molar-refractivity contribution in [3.8, 4) is 0 Å². The zero-order chi connectivity index (χ0) is 24.7. The first-order valence-corrected chi connectivity index (χ1v) is 11.2. The molecule has 0 saturated carbocycles. The van der Waals surface area contributed by atoms with E-state index in [-0.39, 0.29) is 25.7 Å². The van der Waals surface area contributed by atoms with Gasteiger partial charge in [-0.15, -0.1) is 0 Å². The second kappa shape index (κ2) is 9.00. The highest BCUT2D eigenvalue weighted by Gasteiger charge is 2.44. The number of hydrogen-bond acceptors (Lipinski definition) is 8. The fourth-order valence-corrected chi connectivity index (χ4v) is 4.09.